The van der Waals surface area contributed by atoms with Crippen LogP contribution in [0.4, 0.5) is 0 Å². The number of hydrogen-bond donors (Lipinski definition) is 0. The smallest absolute Gasteiger partial charge is 0.304 e. The van der Waals surface area contributed by atoms with Gasteiger partial charge in [0, 0.05) is 20.8 Å². The van der Waals surface area contributed by atoms with Gasteiger partial charge in [0.2, 0.25) is 6.10 Å². The number of carbonyl (C=O) groups is 3. The van der Waals surface area contributed by atoms with Gasteiger partial charge in [-0.3, -0.25) is 18.6 Å². The van der Waals surface area contributed by atoms with Gasteiger partial charge in [0.25, 0.3) is 10.1 Å². The van der Waals surface area contributed by atoms with Gasteiger partial charge in [-0.05, 0) is 19.1 Å². The zero-order valence-corrected chi connectivity index (χ0v) is 17.2. The van der Waals surface area contributed by atoms with E-state index in [2.05, 4.69) is 5.92 Å². The van der Waals surface area contributed by atoms with Crippen molar-refractivity contribution in [3.8, 4) is 12.3 Å². The van der Waals surface area contributed by atoms with E-state index in [4.69, 9.17) is 24.8 Å². The third-order valence-corrected chi connectivity index (χ3v) is 4.73. The summed E-state index contributed by atoms with van der Waals surface area (Å²) < 4.78 is 44.8. The molecule has 0 aromatic heterocycles. The molecule has 0 aliphatic rings. The molecule has 0 heterocycles. The molecule has 0 saturated carbocycles. The van der Waals surface area contributed by atoms with Crippen LogP contribution in [0.1, 0.15) is 26.3 Å². The predicted molar refractivity (Wildman–Crippen MR) is 99.8 cm³/mol. The van der Waals surface area contributed by atoms with Gasteiger partial charge in [-0.15, -0.1) is 6.42 Å². The van der Waals surface area contributed by atoms with E-state index in [1.165, 1.54) is 12.1 Å². The molecule has 0 bridgehead atoms. The molecule has 0 radical (unpaired) electrons. The standard InChI is InChI=1S/C19H22O9S/c1-6-17(26-13(3)20)19(28-15(5)22)18(27-14(4)21)11-25-29(23,24)16-9-7-12(2)8-10-16/h1,7-10,17-19H,11H2,2-5H3/t17-,18-,19-/m0/s1. The highest BCUT2D eigenvalue weighted by Gasteiger charge is 2.37. The monoisotopic (exact) mass is 426 g/mol. The van der Waals surface area contributed by atoms with E-state index in [1.54, 1.807) is 19.1 Å². The first-order chi connectivity index (χ1) is 13.5. The van der Waals surface area contributed by atoms with Crippen LogP contribution in [0.2, 0.25) is 0 Å². The molecule has 0 fully saturated rings. The fourth-order valence-corrected chi connectivity index (χ4v) is 3.16. The summed E-state index contributed by atoms with van der Waals surface area (Å²) in [7, 11) is -4.22. The van der Waals surface area contributed by atoms with Gasteiger partial charge in [0.05, 0.1) is 4.90 Å². The van der Waals surface area contributed by atoms with Crippen molar-refractivity contribution >= 4 is 28.0 Å². The summed E-state index contributed by atoms with van der Waals surface area (Å²) in [5.74, 6) is -0.303. The lowest BCUT2D eigenvalue weighted by Crippen LogP contribution is -2.46. The first-order valence-corrected chi connectivity index (χ1v) is 9.81. The third-order valence-electron chi connectivity index (χ3n) is 3.44. The van der Waals surface area contributed by atoms with Crippen LogP contribution in [0.25, 0.3) is 0 Å². The lowest BCUT2D eigenvalue weighted by Gasteiger charge is -2.29. The van der Waals surface area contributed by atoms with Crippen molar-refractivity contribution in [2.24, 2.45) is 0 Å². The maximum atomic E-state index is 12.4. The second-order valence-electron chi connectivity index (χ2n) is 5.97. The molecule has 1 aromatic rings. The molecule has 0 aliphatic carbocycles. The molecule has 0 unspecified atom stereocenters. The van der Waals surface area contributed by atoms with Crippen molar-refractivity contribution in [2.45, 2.75) is 50.9 Å². The van der Waals surface area contributed by atoms with Crippen LogP contribution in [0.15, 0.2) is 29.2 Å². The lowest BCUT2D eigenvalue weighted by molar-refractivity contribution is -0.180. The third kappa shape index (κ3) is 7.93. The maximum absolute atomic E-state index is 12.4. The van der Waals surface area contributed by atoms with Gasteiger partial charge in [-0.25, -0.2) is 0 Å². The molecule has 0 N–H and O–H groups in total. The number of aryl methyl sites for hydroxylation is 1. The minimum atomic E-state index is -4.22. The normalized spacial score (nSPS) is 14.0. The maximum Gasteiger partial charge on any atom is 0.304 e. The fourth-order valence-electron chi connectivity index (χ4n) is 2.24. The molecule has 0 spiro atoms. The molecule has 29 heavy (non-hydrogen) atoms. The topological polar surface area (TPSA) is 122 Å². The Kier molecular flexibility index (Phi) is 8.82. The number of rotatable bonds is 9. The van der Waals surface area contributed by atoms with Crippen molar-refractivity contribution < 1.29 is 41.2 Å². The van der Waals surface area contributed by atoms with Crippen molar-refractivity contribution in [3.63, 3.8) is 0 Å². The Hall–Kier alpha value is -2.90. The van der Waals surface area contributed by atoms with Crippen molar-refractivity contribution in [2.75, 3.05) is 6.61 Å². The Morgan fingerprint density at radius 3 is 1.93 bits per heavy atom. The molecular formula is C19H22O9S. The number of benzene rings is 1. The second-order valence-corrected chi connectivity index (χ2v) is 7.59. The molecule has 0 amide bonds. The van der Waals surface area contributed by atoms with E-state index < -0.39 is 52.9 Å². The summed E-state index contributed by atoms with van der Waals surface area (Å²) in [5.41, 5.74) is 0.843. The predicted octanol–water partition coefficient (Wildman–Crippen LogP) is 1.13. The Balaban J connectivity index is 3.15. The minimum Gasteiger partial charge on any atom is -0.456 e. The zero-order chi connectivity index (χ0) is 22.2. The summed E-state index contributed by atoms with van der Waals surface area (Å²) in [6.45, 7) is 4.25. The van der Waals surface area contributed by atoms with Gasteiger partial charge in [0.1, 0.15) is 6.61 Å². The Morgan fingerprint density at radius 2 is 1.48 bits per heavy atom. The van der Waals surface area contributed by atoms with E-state index in [1.807, 2.05) is 0 Å². The quantitative estimate of drug-likeness (QED) is 0.247. The van der Waals surface area contributed by atoms with Crippen molar-refractivity contribution in [3.05, 3.63) is 29.8 Å². The fraction of sp³-hybridized carbons (Fsp3) is 0.421. The van der Waals surface area contributed by atoms with Gasteiger partial charge in [0.15, 0.2) is 12.2 Å². The molecule has 3 atom stereocenters. The Labute approximate surface area is 169 Å². The summed E-state index contributed by atoms with van der Waals surface area (Å²) in [4.78, 5) is 34.1. The zero-order valence-electron chi connectivity index (χ0n) is 16.4. The van der Waals surface area contributed by atoms with Crippen LogP contribution < -0.4 is 0 Å². The molecule has 1 rings (SSSR count). The number of ether oxygens (including phenoxy) is 3. The summed E-state index contributed by atoms with van der Waals surface area (Å²) in [6, 6.07) is 5.85. The van der Waals surface area contributed by atoms with Gasteiger partial charge in [-0.1, -0.05) is 23.6 Å². The molecular weight excluding hydrogens is 404 g/mol. The Morgan fingerprint density at radius 1 is 0.966 bits per heavy atom. The average molecular weight is 426 g/mol. The van der Waals surface area contributed by atoms with Crippen LogP contribution in [0.3, 0.4) is 0 Å². The molecule has 9 nitrogen and oxygen atoms in total. The van der Waals surface area contributed by atoms with Gasteiger partial charge in [-0.2, -0.15) is 8.42 Å². The number of esters is 3. The van der Waals surface area contributed by atoms with E-state index in [0.29, 0.717) is 0 Å². The summed E-state index contributed by atoms with van der Waals surface area (Å²) >= 11 is 0. The van der Waals surface area contributed by atoms with Crippen LogP contribution >= 0.6 is 0 Å². The van der Waals surface area contributed by atoms with Crippen LogP contribution in [0, 0.1) is 19.3 Å². The van der Waals surface area contributed by atoms with E-state index in [9.17, 15) is 22.8 Å². The van der Waals surface area contributed by atoms with E-state index in [-0.39, 0.29) is 4.90 Å². The number of terminal acetylenes is 1. The van der Waals surface area contributed by atoms with Gasteiger partial charge < -0.3 is 14.2 Å². The highest BCUT2D eigenvalue weighted by atomic mass is 32.2. The first kappa shape index (κ1) is 24.1. The SMILES string of the molecule is C#C[C@H](OC(C)=O)[C@H](OC(C)=O)[C@H](COS(=O)(=O)c1ccc(C)cc1)OC(C)=O. The first-order valence-electron chi connectivity index (χ1n) is 8.40. The Bertz CT molecular complexity index is 881. The average Bonchev–Trinajstić information content (AvgIpc) is 2.61. The molecule has 10 heteroatoms. The minimum absolute atomic E-state index is 0.123. The second kappa shape index (κ2) is 10.6. The molecule has 0 aliphatic heterocycles. The molecule has 1 aromatic carbocycles. The van der Waals surface area contributed by atoms with E-state index in [0.717, 1.165) is 26.3 Å². The summed E-state index contributed by atoms with van der Waals surface area (Å²) in [5, 5.41) is 0. The summed E-state index contributed by atoms with van der Waals surface area (Å²) in [6.07, 6.45) is 0.948. The van der Waals surface area contributed by atoms with Crippen molar-refractivity contribution in [1.29, 1.82) is 0 Å². The highest BCUT2D eigenvalue weighted by molar-refractivity contribution is 7.86. The van der Waals surface area contributed by atoms with E-state index >= 15 is 0 Å². The number of carbonyl (C=O) groups excluding carboxylic acids is 3. The molecule has 0 saturated heterocycles. The highest BCUT2D eigenvalue weighted by Crippen LogP contribution is 2.18. The number of hydrogen-bond acceptors (Lipinski definition) is 9. The van der Waals surface area contributed by atoms with Crippen LogP contribution in [0.5, 0.6) is 0 Å². The lowest BCUT2D eigenvalue weighted by atomic mass is 10.1. The van der Waals surface area contributed by atoms with Crippen LogP contribution in [-0.2, 0) is 42.9 Å². The van der Waals surface area contributed by atoms with Crippen LogP contribution in [-0.4, -0.2) is 51.2 Å². The van der Waals surface area contributed by atoms with Gasteiger partial charge >= 0.3 is 17.9 Å². The molecule has 158 valence electrons. The largest absolute Gasteiger partial charge is 0.456 e. The van der Waals surface area contributed by atoms with Crippen molar-refractivity contribution in [1.82, 2.24) is 0 Å².